The van der Waals surface area contributed by atoms with Crippen molar-refractivity contribution in [2.75, 3.05) is 6.54 Å². The van der Waals surface area contributed by atoms with Crippen LogP contribution in [-0.4, -0.2) is 36.6 Å². The van der Waals surface area contributed by atoms with Crippen molar-refractivity contribution in [1.29, 1.82) is 0 Å². The number of hydrogen-bond donors (Lipinski definition) is 3. The second-order valence-corrected chi connectivity index (χ2v) is 6.69. The molecule has 2 heterocycles. The van der Waals surface area contributed by atoms with E-state index >= 15 is 0 Å². The van der Waals surface area contributed by atoms with Gasteiger partial charge in [0.25, 0.3) is 0 Å². The molecule has 0 aromatic rings. The molecule has 2 saturated heterocycles. The summed E-state index contributed by atoms with van der Waals surface area (Å²) in [6, 6.07) is 1.57. The molecule has 108 valence electrons. The van der Waals surface area contributed by atoms with E-state index in [0.717, 1.165) is 31.7 Å². The van der Waals surface area contributed by atoms with Gasteiger partial charge in [-0.1, -0.05) is 12.8 Å². The van der Waals surface area contributed by atoms with E-state index in [2.05, 4.69) is 22.9 Å². The lowest BCUT2D eigenvalue weighted by molar-refractivity contribution is -0.123. The van der Waals surface area contributed by atoms with Crippen LogP contribution >= 0.6 is 0 Å². The highest BCUT2D eigenvalue weighted by Gasteiger charge is 2.38. The molecule has 0 bridgehead atoms. The molecule has 3 fully saturated rings. The highest BCUT2D eigenvalue weighted by molar-refractivity contribution is 5.82. The van der Waals surface area contributed by atoms with Crippen LogP contribution in [-0.2, 0) is 4.79 Å². The smallest absolute Gasteiger partial charge is 0.237 e. The van der Waals surface area contributed by atoms with Gasteiger partial charge in [0.1, 0.15) is 0 Å². The molecule has 0 aromatic heterocycles. The molecule has 0 spiro atoms. The van der Waals surface area contributed by atoms with E-state index in [-0.39, 0.29) is 11.9 Å². The number of hydrogen-bond acceptors (Lipinski definition) is 3. The number of carbonyl (C=O) groups excluding carboxylic acids is 1. The molecule has 3 rings (SSSR count). The van der Waals surface area contributed by atoms with E-state index in [1.54, 1.807) is 0 Å². The molecule has 2 aliphatic heterocycles. The van der Waals surface area contributed by atoms with Crippen LogP contribution in [0.2, 0.25) is 0 Å². The predicted octanol–water partition coefficient (Wildman–Crippen LogP) is 1.16. The first-order valence-corrected chi connectivity index (χ1v) is 8.02. The first-order valence-electron chi connectivity index (χ1n) is 8.02. The first kappa shape index (κ1) is 13.4. The van der Waals surface area contributed by atoms with Crippen molar-refractivity contribution in [3.05, 3.63) is 0 Å². The van der Waals surface area contributed by atoms with Gasteiger partial charge in [-0.05, 0) is 51.5 Å². The van der Waals surface area contributed by atoms with E-state index < -0.39 is 0 Å². The van der Waals surface area contributed by atoms with E-state index in [1.807, 2.05) is 0 Å². The van der Waals surface area contributed by atoms with Crippen LogP contribution in [0, 0.1) is 5.92 Å². The third-order valence-electron chi connectivity index (χ3n) is 5.15. The number of fused-ring (bicyclic) bond motifs is 1. The molecule has 5 atom stereocenters. The van der Waals surface area contributed by atoms with Crippen LogP contribution in [0.1, 0.15) is 51.9 Å². The topological polar surface area (TPSA) is 53.2 Å². The van der Waals surface area contributed by atoms with Crippen LogP contribution in [0.4, 0.5) is 0 Å². The third-order valence-corrected chi connectivity index (χ3v) is 5.15. The summed E-state index contributed by atoms with van der Waals surface area (Å²) in [4.78, 5) is 12.4. The summed E-state index contributed by atoms with van der Waals surface area (Å²) >= 11 is 0. The first-order chi connectivity index (χ1) is 9.22. The molecule has 4 heteroatoms. The molecular formula is C15H27N3O. The number of amides is 1. The fourth-order valence-electron chi connectivity index (χ4n) is 4.09. The van der Waals surface area contributed by atoms with Crippen molar-refractivity contribution in [2.45, 2.75) is 76.0 Å². The fraction of sp³-hybridized carbons (Fsp3) is 0.933. The lowest BCUT2D eigenvalue weighted by Crippen LogP contribution is -2.51. The zero-order chi connectivity index (χ0) is 13.2. The van der Waals surface area contributed by atoms with Gasteiger partial charge in [-0.2, -0.15) is 0 Å². The summed E-state index contributed by atoms with van der Waals surface area (Å²) in [5, 5.41) is 10.3. The standard InChI is InChI=1S/C15H27N3O/c1-10-8-12(6-7-16-10)17-15(19)14-9-11-4-2-3-5-13(11)18-14/h10-14,16,18H,2-9H2,1H3,(H,17,19). The summed E-state index contributed by atoms with van der Waals surface area (Å²) in [6.45, 7) is 3.22. The Hall–Kier alpha value is -0.610. The van der Waals surface area contributed by atoms with Crippen molar-refractivity contribution in [3.8, 4) is 0 Å². The number of nitrogens with one attached hydrogen (secondary N) is 3. The average molecular weight is 265 g/mol. The van der Waals surface area contributed by atoms with Crippen molar-refractivity contribution in [3.63, 3.8) is 0 Å². The van der Waals surface area contributed by atoms with E-state index in [4.69, 9.17) is 0 Å². The molecule has 1 saturated carbocycles. The van der Waals surface area contributed by atoms with Crippen LogP contribution in [0.15, 0.2) is 0 Å². The van der Waals surface area contributed by atoms with Crippen LogP contribution in [0.3, 0.4) is 0 Å². The van der Waals surface area contributed by atoms with E-state index in [9.17, 15) is 4.79 Å². The number of carbonyl (C=O) groups is 1. The number of rotatable bonds is 2. The summed E-state index contributed by atoms with van der Waals surface area (Å²) in [7, 11) is 0. The summed E-state index contributed by atoms with van der Waals surface area (Å²) in [5.41, 5.74) is 0. The van der Waals surface area contributed by atoms with Gasteiger partial charge in [-0.15, -0.1) is 0 Å². The van der Waals surface area contributed by atoms with E-state index in [1.165, 1.54) is 25.7 Å². The molecule has 1 aliphatic carbocycles. The maximum Gasteiger partial charge on any atom is 0.237 e. The Balaban J connectivity index is 1.50. The molecule has 19 heavy (non-hydrogen) atoms. The van der Waals surface area contributed by atoms with Crippen LogP contribution < -0.4 is 16.0 Å². The molecule has 1 amide bonds. The van der Waals surface area contributed by atoms with Crippen molar-refractivity contribution >= 4 is 5.91 Å². The molecular weight excluding hydrogens is 238 g/mol. The Morgan fingerprint density at radius 2 is 2.00 bits per heavy atom. The highest BCUT2D eigenvalue weighted by atomic mass is 16.2. The van der Waals surface area contributed by atoms with Gasteiger partial charge in [-0.3, -0.25) is 4.79 Å². The summed E-state index contributed by atoms with van der Waals surface area (Å²) < 4.78 is 0. The second kappa shape index (κ2) is 5.80. The quantitative estimate of drug-likeness (QED) is 0.702. The number of piperidine rings is 1. The van der Waals surface area contributed by atoms with Crippen LogP contribution in [0.5, 0.6) is 0 Å². The Bertz CT molecular complexity index is 319. The van der Waals surface area contributed by atoms with Crippen molar-refractivity contribution < 1.29 is 4.79 Å². The zero-order valence-electron chi connectivity index (χ0n) is 12.0. The highest BCUT2D eigenvalue weighted by Crippen LogP contribution is 2.33. The molecule has 0 aromatic carbocycles. The average Bonchev–Trinajstić information content (AvgIpc) is 2.82. The minimum atomic E-state index is 0.0679. The molecule has 4 nitrogen and oxygen atoms in total. The van der Waals surface area contributed by atoms with Gasteiger partial charge >= 0.3 is 0 Å². The molecule has 0 radical (unpaired) electrons. The van der Waals surface area contributed by atoms with Crippen molar-refractivity contribution in [2.24, 2.45) is 5.92 Å². The Morgan fingerprint density at radius 3 is 2.79 bits per heavy atom. The van der Waals surface area contributed by atoms with Crippen molar-refractivity contribution in [1.82, 2.24) is 16.0 Å². The van der Waals surface area contributed by atoms with Gasteiger partial charge < -0.3 is 16.0 Å². The zero-order valence-corrected chi connectivity index (χ0v) is 12.0. The largest absolute Gasteiger partial charge is 0.352 e. The van der Waals surface area contributed by atoms with Crippen LogP contribution in [0.25, 0.3) is 0 Å². The molecule has 3 aliphatic rings. The van der Waals surface area contributed by atoms with Gasteiger partial charge in [0.15, 0.2) is 0 Å². The molecule has 3 N–H and O–H groups in total. The lowest BCUT2D eigenvalue weighted by atomic mass is 9.85. The predicted molar refractivity (Wildman–Crippen MR) is 75.9 cm³/mol. The van der Waals surface area contributed by atoms with Gasteiger partial charge in [0.05, 0.1) is 6.04 Å². The third kappa shape index (κ3) is 3.11. The summed E-state index contributed by atoms with van der Waals surface area (Å²) in [5.74, 6) is 0.991. The van der Waals surface area contributed by atoms with Gasteiger partial charge in [0, 0.05) is 18.1 Å². The minimum Gasteiger partial charge on any atom is -0.352 e. The second-order valence-electron chi connectivity index (χ2n) is 6.69. The monoisotopic (exact) mass is 265 g/mol. The Kier molecular flexibility index (Phi) is 4.08. The van der Waals surface area contributed by atoms with Gasteiger partial charge in [-0.25, -0.2) is 0 Å². The maximum atomic E-state index is 12.4. The maximum absolute atomic E-state index is 12.4. The fourth-order valence-corrected chi connectivity index (χ4v) is 4.09. The SMILES string of the molecule is CC1CC(NC(=O)C2CC3CCCCC3N2)CCN1. The Morgan fingerprint density at radius 1 is 1.16 bits per heavy atom. The Labute approximate surface area is 116 Å². The summed E-state index contributed by atoms with van der Waals surface area (Å²) in [6.07, 6.45) is 8.43. The minimum absolute atomic E-state index is 0.0679. The van der Waals surface area contributed by atoms with E-state index in [0.29, 0.717) is 18.1 Å². The van der Waals surface area contributed by atoms with Gasteiger partial charge in [0.2, 0.25) is 5.91 Å². The molecule has 5 unspecified atom stereocenters. The normalized spacial score (nSPS) is 42.7. The lowest BCUT2D eigenvalue weighted by Gasteiger charge is -2.29.